The molecule has 0 bridgehead atoms. The summed E-state index contributed by atoms with van der Waals surface area (Å²) in [6.07, 6.45) is 1.50. The number of halogens is 3. The van der Waals surface area contributed by atoms with Crippen LogP contribution in [0.4, 0.5) is 8.63 Å². The van der Waals surface area contributed by atoms with Gasteiger partial charge in [0.05, 0.1) is 0 Å². The molecule has 1 aliphatic carbocycles. The SMILES string of the molecule is FB(F)C1CC1.[F-].[K+]. The predicted octanol–water partition coefficient (Wildman–Crippen LogP) is -4.41. The Kier molecular flexibility index (Phi) is 8.06. The van der Waals surface area contributed by atoms with E-state index in [2.05, 4.69) is 0 Å². The molecular weight excluding hydrogens is 143 g/mol. The maximum atomic E-state index is 11.2. The molecule has 0 N–H and O–H groups in total. The van der Waals surface area contributed by atoms with Gasteiger partial charge in [-0.3, -0.25) is 8.63 Å². The van der Waals surface area contributed by atoms with Crippen LogP contribution in [0.15, 0.2) is 0 Å². The molecule has 1 rings (SSSR count). The predicted molar refractivity (Wildman–Crippen MR) is 21.0 cm³/mol. The fraction of sp³-hybridized carbons (Fsp3) is 1.00. The molecule has 0 amide bonds. The van der Waals surface area contributed by atoms with Crippen LogP contribution in [0.25, 0.3) is 0 Å². The molecule has 0 aromatic rings. The third-order valence-corrected chi connectivity index (χ3v) is 0.978. The van der Waals surface area contributed by atoms with E-state index in [1.807, 2.05) is 0 Å². The third-order valence-electron chi connectivity index (χ3n) is 0.978. The van der Waals surface area contributed by atoms with Crippen molar-refractivity contribution >= 4 is 7.27 Å². The Bertz CT molecular complexity index is 56.5. The van der Waals surface area contributed by atoms with E-state index >= 15 is 0 Å². The van der Waals surface area contributed by atoms with E-state index in [0.717, 1.165) is 12.8 Å². The average Bonchev–Trinajstić information content (AvgIpc) is 2.06. The second-order valence-electron chi connectivity index (χ2n) is 1.67. The topological polar surface area (TPSA) is 0 Å². The summed E-state index contributed by atoms with van der Waals surface area (Å²) < 4.78 is 22.4. The smallest absolute Gasteiger partial charge is 1.00 e. The first-order valence-corrected chi connectivity index (χ1v) is 2.09. The number of rotatable bonds is 1. The second-order valence-corrected chi connectivity index (χ2v) is 1.67. The molecule has 5 heteroatoms. The molecule has 1 saturated carbocycles. The molecule has 8 heavy (non-hydrogen) atoms. The maximum absolute atomic E-state index is 11.2. The molecule has 42 valence electrons. The van der Waals surface area contributed by atoms with E-state index in [1.54, 1.807) is 0 Å². The van der Waals surface area contributed by atoms with E-state index in [-0.39, 0.29) is 61.9 Å². The van der Waals surface area contributed by atoms with Gasteiger partial charge in [-0.15, -0.1) is 0 Å². The maximum Gasteiger partial charge on any atom is 1.00 e. The molecule has 0 atom stereocenters. The summed E-state index contributed by atoms with van der Waals surface area (Å²) >= 11 is 0. The van der Waals surface area contributed by atoms with Crippen molar-refractivity contribution in [3.8, 4) is 0 Å². The molecule has 0 aromatic carbocycles. The van der Waals surface area contributed by atoms with Crippen molar-refractivity contribution in [1.82, 2.24) is 0 Å². The molecule has 0 aromatic heterocycles. The molecule has 0 unspecified atom stereocenters. The van der Waals surface area contributed by atoms with Crippen molar-refractivity contribution in [1.29, 1.82) is 0 Å². The van der Waals surface area contributed by atoms with E-state index in [4.69, 9.17) is 0 Å². The summed E-state index contributed by atoms with van der Waals surface area (Å²) in [7, 11) is -2.04. The fourth-order valence-electron chi connectivity index (χ4n) is 0.348. The van der Waals surface area contributed by atoms with Gasteiger partial charge in [-0.1, -0.05) is 12.8 Å². The minimum Gasteiger partial charge on any atom is -1.00 e. The van der Waals surface area contributed by atoms with Crippen molar-refractivity contribution in [2.75, 3.05) is 0 Å². The molecule has 1 fully saturated rings. The zero-order valence-corrected chi connectivity index (χ0v) is 7.83. The molecule has 0 saturated heterocycles. The van der Waals surface area contributed by atoms with Crippen LogP contribution < -0.4 is 56.1 Å². The number of hydrogen-bond acceptors (Lipinski definition) is 0. The van der Waals surface area contributed by atoms with Crippen molar-refractivity contribution in [3.63, 3.8) is 0 Å². The van der Waals surface area contributed by atoms with E-state index < -0.39 is 7.27 Å². The Labute approximate surface area is 89.4 Å². The molecule has 0 nitrogen and oxygen atoms in total. The normalized spacial score (nSPS) is 15.8. The van der Waals surface area contributed by atoms with Crippen LogP contribution in [0.1, 0.15) is 12.8 Å². The fourth-order valence-corrected chi connectivity index (χ4v) is 0.348. The standard InChI is InChI=1S/C3H5BF2.FH.K/c5-4(6)3-1-2-3;;/h3H,1-2H2;1H;/q;;+1/p-1. The molecule has 0 heterocycles. The van der Waals surface area contributed by atoms with Crippen molar-refractivity contribution in [3.05, 3.63) is 0 Å². The second kappa shape index (κ2) is 5.29. The monoisotopic (exact) mass is 148 g/mol. The summed E-state index contributed by atoms with van der Waals surface area (Å²) in [5.41, 5.74) is 0. The number of hydrogen-bond donors (Lipinski definition) is 0. The van der Waals surface area contributed by atoms with Gasteiger partial charge < -0.3 is 4.70 Å². The van der Waals surface area contributed by atoms with Gasteiger partial charge in [0.15, 0.2) is 0 Å². The summed E-state index contributed by atoms with van der Waals surface area (Å²) in [4.78, 5) is 0. The van der Waals surface area contributed by atoms with Gasteiger partial charge in [-0.25, -0.2) is 0 Å². The molecule has 1 aliphatic rings. The molecular formula is C3H5BF3K. The van der Waals surface area contributed by atoms with Crippen LogP contribution in [-0.2, 0) is 0 Å². The van der Waals surface area contributed by atoms with E-state index in [9.17, 15) is 8.63 Å². The first-order valence-electron chi connectivity index (χ1n) is 2.09. The molecule has 0 aliphatic heterocycles. The Morgan fingerprint density at radius 3 is 1.62 bits per heavy atom. The zero-order chi connectivity index (χ0) is 4.57. The molecule has 0 radical (unpaired) electrons. The Morgan fingerprint density at radius 1 is 1.25 bits per heavy atom. The molecule has 0 spiro atoms. The van der Waals surface area contributed by atoms with E-state index in [1.165, 1.54) is 0 Å². The minimum absolute atomic E-state index is 0. The van der Waals surface area contributed by atoms with Crippen LogP contribution in [0.2, 0.25) is 5.82 Å². The first-order chi connectivity index (χ1) is 2.80. The van der Waals surface area contributed by atoms with Crippen molar-refractivity contribution < 1.29 is 64.7 Å². The summed E-state index contributed by atoms with van der Waals surface area (Å²) in [6, 6.07) is 0. The Balaban J connectivity index is 0. The van der Waals surface area contributed by atoms with Gasteiger partial charge in [0, 0.05) is 5.82 Å². The van der Waals surface area contributed by atoms with Gasteiger partial charge in [0.2, 0.25) is 0 Å². The van der Waals surface area contributed by atoms with Crippen molar-refractivity contribution in [2.45, 2.75) is 18.7 Å². The zero-order valence-electron chi connectivity index (χ0n) is 4.70. The van der Waals surface area contributed by atoms with Crippen LogP contribution in [0.3, 0.4) is 0 Å². The first kappa shape index (κ1) is 12.2. The van der Waals surface area contributed by atoms with Crippen LogP contribution in [0, 0.1) is 0 Å². The van der Waals surface area contributed by atoms with Gasteiger partial charge in [0.25, 0.3) is 0 Å². The van der Waals surface area contributed by atoms with Gasteiger partial charge in [-0.2, -0.15) is 0 Å². The van der Waals surface area contributed by atoms with Gasteiger partial charge in [0.1, 0.15) is 0 Å². The van der Waals surface area contributed by atoms with E-state index in [0.29, 0.717) is 0 Å². The van der Waals surface area contributed by atoms with Crippen LogP contribution in [-0.4, -0.2) is 7.27 Å². The Hall–Kier alpha value is 1.49. The Morgan fingerprint density at radius 2 is 1.62 bits per heavy atom. The largest absolute Gasteiger partial charge is 1.00 e. The summed E-state index contributed by atoms with van der Waals surface area (Å²) in [5.74, 6) is -0.231. The third kappa shape index (κ3) is 4.38. The van der Waals surface area contributed by atoms with Gasteiger partial charge >= 0.3 is 58.7 Å². The minimum atomic E-state index is -2.04. The average molecular weight is 148 g/mol. The van der Waals surface area contributed by atoms with Crippen LogP contribution >= 0.6 is 0 Å². The summed E-state index contributed by atoms with van der Waals surface area (Å²) in [6.45, 7) is 0. The van der Waals surface area contributed by atoms with Crippen molar-refractivity contribution in [2.24, 2.45) is 0 Å². The summed E-state index contributed by atoms with van der Waals surface area (Å²) in [5, 5.41) is 0. The quantitative estimate of drug-likeness (QED) is 0.329. The van der Waals surface area contributed by atoms with Crippen LogP contribution in [0.5, 0.6) is 0 Å². The van der Waals surface area contributed by atoms with Gasteiger partial charge in [-0.05, 0) is 0 Å².